The van der Waals surface area contributed by atoms with Crippen LogP contribution in [-0.2, 0) is 6.54 Å². The van der Waals surface area contributed by atoms with Crippen molar-refractivity contribution in [3.05, 3.63) is 29.8 Å². The zero-order chi connectivity index (χ0) is 16.3. The van der Waals surface area contributed by atoms with Crippen molar-refractivity contribution in [2.75, 3.05) is 39.8 Å². The average molecular weight is 318 g/mol. The maximum absolute atomic E-state index is 5.26. The van der Waals surface area contributed by atoms with Crippen LogP contribution < -0.4 is 15.4 Å². The molecule has 0 bridgehead atoms. The zero-order valence-electron chi connectivity index (χ0n) is 14.5. The van der Waals surface area contributed by atoms with E-state index in [-0.39, 0.29) is 0 Å². The van der Waals surface area contributed by atoms with Crippen LogP contribution in [0.5, 0.6) is 5.75 Å². The molecular weight excluding hydrogens is 288 g/mol. The topological polar surface area (TPSA) is 48.9 Å². The summed E-state index contributed by atoms with van der Waals surface area (Å²) in [7, 11) is 1.69. The highest BCUT2D eigenvalue weighted by Crippen LogP contribution is 2.13. The van der Waals surface area contributed by atoms with Gasteiger partial charge in [-0.05, 0) is 50.6 Å². The molecule has 1 fully saturated rings. The minimum atomic E-state index is 0.649. The molecule has 5 nitrogen and oxygen atoms in total. The summed E-state index contributed by atoms with van der Waals surface area (Å²) in [5.74, 6) is 1.76. The second-order valence-corrected chi connectivity index (χ2v) is 5.88. The molecule has 128 valence electrons. The predicted octanol–water partition coefficient (Wildman–Crippen LogP) is 2.24. The van der Waals surface area contributed by atoms with Gasteiger partial charge in [-0.2, -0.15) is 0 Å². The molecule has 2 N–H and O–H groups in total. The molecule has 0 radical (unpaired) electrons. The third-order valence-electron chi connectivity index (χ3n) is 4.07. The Labute approximate surface area is 140 Å². The number of guanidine groups is 1. The minimum Gasteiger partial charge on any atom is -0.497 e. The largest absolute Gasteiger partial charge is 0.497 e. The molecule has 5 heteroatoms. The smallest absolute Gasteiger partial charge is 0.191 e. The molecule has 0 aliphatic carbocycles. The van der Waals surface area contributed by atoms with E-state index in [1.807, 2.05) is 18.2 Å². The number of benzene rings is 1. The normalized spacial score (nSPS) is 16.2. The van der Waals surface area contributed by atoms with Gasteiger partial charge in [0.2, 0.25) is 0 Å². The Morgan fingerprint density at radius 3 is 2.78 bits per heavy atom. The van der Waals surface area contributed by atoms with Crippen molar-refractivity contribution in [2.24, 2.45) is 4.99 Å². The molecule has 1 aromatic carbocycles. The molecule has 1 aliphatic rings. The van der Waals surface area contributed by atoms with E-state index in [9.17, 15) is 0 Å². The van der Waals surface area contributed by atoms with Crippen LogP contribution in [0.15, 0.2) is 29.3 Å². The van der Waals surface area contributed by atoms with Crippen LogP contribution in [0.25, 0.3) is 0 Å². The third-order valence-corrected chi connectivity index (χ3v) is 4.07. The summed E-state index contributed by atoms with van der Waals surface area (Å²) in [6, 6.07) is 8.06. The van der Waals surface area contributed by atoms with Gasteiger partial charge >= 0.3 is 0 Å². The fraction of sp³-hybridized carbons (Fsp3) is 0.611. The van der Waals surface area contributed by atoms with E-state index < -0.39 is 0 Å². The number of hydrogen-bond donors (Lipinski definition) is 2. The fourth-order valence-corrected chi connectivity index (χ4v) is 2.80. The first-order valence-corrected chi connectivity index (χ1v) is 8.69. The zero-order valence-corrected chi connectivity index (χ0v) is 14.5. The van der Waals surface area contributed by atoms with Crippen molar-refractivity contribution in [2.45, 2.75) is 32.7 Å². The molecule has 0 aromatic heterocycles. The maximum Gasteiger partial charge on any atom is 0.191 e. The van der Waals surface area contributed by atoms with Crippen molar-refractivity contribution in [1.29, 1.82) is 0 Å². The summed E-state index contributed by atoms with van der Waals surface area (Å²) in [6.07, 6.45) is 4.06. The second kappa shape index (κ2) is 10.1. The molecule has 1 heterocycles. The van der Waals surface area contributed by atoms with E-state index in [4.69, 9.17) is 4.74 Å². The van der Waals surface area contributed by atoms with Gasteiger partial charge < -0.3 is 20.3 Å². The SMILES string of the molecule is CCNC(=NCc1cccc(OC)c1)NCCN1CCCCC1. The highest BCUT2D eigenvalue weighted by molar-refractivity contribution is 5.79. The first-order valence-electron chi connectivity index (χ1n) is 8.69. The molecule has 0 saturated carbocycles. The van der Waals surface area contributed by atoms with Crippen molar-refractivity contribution in [3.63, 3.8) is 0 Å². The van der Waals surface area contributed by atoms with Crippen LogP contribution in [0.4, 0.5) is 0 Å². The Morgan fingerprint density at radius 1 is 1.22 bits per heavy atom. The van der Waals surface area contributed by atoms with Gasteiger partial charge in [0.05, 0.1) is 13.7 Å². The lowest BCUT2D eigenvalue weighted by molar-refractivity contribution is 0.232. The maximum atomic E-state index is 5.26. The number of nitrogens with zero attached hydrogens (tertiary/aromatic N) is 2. The Kier molecular flexibility index (Phi) is 7.73. The molecule has 1 aliphatic heterocycles. The van der Waals surface area contributed by atoms with Gasteiger partial charge in [-0.1, -0.05) is 18.6 Å². The Bertz CT molecular complexity index is 484. The highest BCUT2D eigenvalue weighted by Gasteiger charge is 2.09. The number of aliphatic imine (C=N–C) groups is 1. The molecule has 23 heavy (non-hydrogen) atoms. The van der Waals surface area contributed by atoms with Crippen molar-refractivity contribution >= 4 is 5.96 Å². The second-order valence-electron chi connectivity index (χ2n) is 5.88. The lowest BCUT2D eigenvalue weighted by atomic mass is 10.1. The minimum absolute atomic E-state index is 0.649. The van der Waals surface area contributed by atoms with E-state index >= 15 is 0 Å². The van der Waals surface area contributed by atoms with Crippen LogP contribution in [-0.4, -0.2) is 50.7 Å². The number of likely N-dealkylation sites (tertiary alicyclic amines) is 1. The molecule has 1 saturated heterocycles. The van der Waals surface area contributed by atoms with Crippen molar-refractivity contribution < 1.29 is 4.74 Å². The van der Waals surface area contributed by atoms with E-state index in [1.54, 1.807) is 7.11 Å². The van der Waals surface area contributed by atoms with Gasteiger partial charge in [-0.25, -0.2) is 4.99 Å². The summed E-state index contributed by atoms with van der Waals surface area (Å²) >= 11 is 0. The Balaban J connectivity index is 1.81. The third kappa shape index (κ3) is 6.48. The first kappa shape index (κ1) is 17.6. The summed E-state index contributed by atoms with van der Waals surface area (Å²) < 4.78 is 5.26. The van der Waals surface area contributed by atoms with Crippen LogP contribution in [0.2, 0.25) is 0 Å². The van der Waals surface area contributed by atoms with Gasteiger partial charge in [0.25, 0.3) is 0 Å². The number of piperidine rings is 1. The number of methoxy groups -OCH3 is 1. The summed E-state index contributed by atoms with van der Waals surface area (Å²) in [6.45, 7) is 8.10. The van der Waals surface area contributed by atoms with Gasteiger partial charge in [0.15, 0.2) is 5.96 Å². The summed E-state index contributed by atoms with van der Waals surface area (Å²) in [5, 5.41) is 6.74. The van der Waals surface area contributed by atoms with E-state index in [0.717, 1.165) is 36.9 Å². The van der Waals surface area contributed by atoms with Crippen LogP contribution in [0.1, 0.15) is 31.7 Å². The Morgan fingerprint density at radius 2 is 2.04 bits per heavy atom. The average Bonchev–Trinajstić information content (AvgIpc) is 2.61. The number of ether oxygens (including phenoxy) is 1. The van der Waals surface area contributed by atoms with E-state index in [0.29, 0.717) is 6.54 Å². The standard InChI is InChI=1S/C18H30N4O/c1-3-19-18(20-10-13-22-11-5-4-6-12-22)21-15-16-8-7-9-17(14-16)23-2/h7-9,14H,3-6,10-13,15H2,1-2H3,(H2,19,20,21). The molecule has 0 amide bonds. The molecular formula is C18H30N4O. The van der Waals surface area contributed by atoms with Gasteiger partial charge in [-0.3, -0.25) is 0 Å². The summed E-state index contributed by atoms with van der Waals surface area (Å²) in [4.78, 5) is 7.19. The quantitative estimate of drug-likeness (QED) is 0.598. The van der Waals surface area contributed by atoms with Gasteiger partial charge in [-0.15, -0.1) is 0 Å². The monoisotopic (exact) mass is 318 g/mol. The van der Waals surface area contributed by atoms with Gasteiger partial charge in [0.1, 0.15) is 5.75 Å². The van der Waals surface area contributed by atoms with Crippen molar-refractivity contribution in [1.82, 2.24) is 15.5 Å². The molecule has 2 rings (SSSR count). The van der Waals surface area contributed by atoms with E-state index in [1.165, 1.54) is 32.4 Å². The number of hydrogen-bond acceptors (Lipinski definition) is 3. The number of nitrogens with one attached hydrogen (secondary N) is 2. The molecule has 0 unspecified atom stereocenters. The highest BCUT2D eigenvalue weighted by atomic mass is 16.5. The molecule has 0 atom stereocenters. The number of rotatable bonds is 7. The van der Waals surface area contributed by atoms with Crippen molar-refractivity contribution in [3.8, 4) is 5.75 Å². The Hall–Kier alpha value is -1.75. The van der Waals surface area contributed by atoms with Crippen LogP contribution in [0, 0.1) is 0 Å². The molecule has 1 aromatic rings. The first-order chi connectivity index (χ1) is 11.3. The van der Waals surface area contributed by atoms with Gasteiger partial charge in [0, 0.05) is 19.6 Å². The summed E-state index contributed by atoms with van der Waals surface area (Å²) in [5.41, 5.74) is 1.15. The lowest BCUT2D eigenvalue weighted by Gasteiger charge is -2.26. The molecule has 0 spiro atoms. The fourth-order valence-electron chi connectivity index (χ4n) is 2.80. The van der Waals surface area contributed by atoms with Crippen LogP contribution >= 0.6 is 0 Å². The van der Waals surface area contributed by atoms with Crippen LogP contribution in [0.3, 0.4) is 0 Å². The lowest BCUT2D eigenvalue weighted by Crippen LogP contribution is -2.42. The van der Waals surface area contributed by atoms with E-state index in [2.05, 4.69) is 33.5 Å². The predicted molar refractivity (Wildman–Crippen MR) is 96.1 cm³/mol.